The SMILES string of the molecule is CC(CCl)S(=O)(=O)c1nccc2ccc(O)cc12. The van der Waals surface area contributed by atoms with Gasteiger partial charge in [-0.15, -0.1) is 11.6 Å². The number of phenolic OH excluding ortho intramolecular Hbond substituents is 1. The quantitative estimate of drug-likeness (QED) is 0.879. The van der Waals surface area contributed by atoms with Gasteiger partial charge in [-0.2, -0.15) is 0 Å². The molecule has 0 bridgehead atoms. The maximum Gasteiger partial charge on any atom is 0.199 e. The lowest BCUT2D eigenvalue weighted by molar-refractivity contribution is 0.476. The molecule has 2 rings (SSSR count). The van der Waals surface area contributed by atoms with Crippen LogP contribution in [0.4, 0.5) is 0 Å². The first-order chi connectivity index (χ1) is 8.46. The van der Waals surface area contributed by atoms with Crippen LogP contribution in [0.5, 0.6) is 5.75 Å². The summed E-state index contributed by atoms with van der Waals surface area (Å²) in [4.78, 5) is 3.93. The van der Waals surface area contributed by atoms with E-state index >= 15 is 0 Å². The molecule has 0 fully saturated rings. The third kappa shape index (κ3) is 2.15. The van der Waals surface area contributed by atoms with Crippen molar-refractivity contribution in [2.45, 2.75) is 17.2 Å². The maximum absolute atomic E-state index is 12.3. The second-order valence-corrected chi connectivity index (χ2v) is 6.62. The predicted octanol–water partition coefficient (Wildman–Crippen LogP) is 2.34. The van der Waals surface area contributed by atoms with Crippen molar-refractivity contribution < 1.29 is 13.5 Å². The van der Waals surface area contributed by atoms with E-state index in [-0.39, 0.29) is 16.7 Å². The van der Waals surface area contributed by atoms with E-state index in [9.17, 15) is 13.5 Å². The Morgan fingerprint density at radius 1 is 1.39 bits per heavy atom. The van der Waals surface area contributed by atoms with Crippen LogP contribution in [0.2, 0.25) is 0 Å². The van der Waals surface area contributed by atoms with E-state index in [1.807, 2.05) is 0 Å². The minimum atomic E-state index is -3.59. The number of alkyl halides is 1. The van der Waals surface area contributed by atoms with Crippen LogP contribution in [-0.2, 0) is 9.84 Å². The lowest BCUT2D eigenvalue weighted by Crippen LogP contribution is -2.20. The molecule has 0 saturated heterocycles. The Labute approximate surface area is 110 Å². The van der Waals surface area contributed by atoms with Gasteiger partial charge in [0.05, 0.1) is 5.25 Å². The number of phenols is 1. The molecule has 1 N–H and O–H groups in total. The minimum Gasteiger partial charge on any atom is -0.508 e. The average molecular weight is 286 g/mol. The second kappa shape index (κ2) is 4.74. The zero-order chi connectivity index (χ0) is 13.3. The van der Waals surface area contributed by atoms with Crippen molar-refractivity contribution in [2.75, 3.05) is 5.88 Å². The summed E-state index contributed by atoms with van der Waals surface area (Å²) in [5.74, 6) is 0.00429. The molecule has 0 amide bonds. The molecule has 96 valence electrons. The van der Waals surface area contributed by atoms with Gasteiger partial charge in [-0.05, 0) is 30.5 Å². The summed E-state index contributed by atoms with van der Waals surface area (Å²) in [5.41, 5.74) is 0. The molecule has 4 nitrogen and oxygen atoms in total. The molecule has 1 aromatic heterocycles. The van der Waals surface area contributed by atoms with Gasteiger partial charge >= 0.3 is 0 Å². The number of aromatic hydroxyl groups is 1. The lowest BCUT2D eigenvalue weighted by Gasteiger charge is -2.11. The van der Waals surface area contributed by atoms with Crippen LogP contribution < -0.4 is 0 Å². The second-order valence-electron chi connectivity index (χ2n) is 4.03. The first kappa shape index (κ1) is 13.1. The van der Waals surface area contributed by atoms with E-state index < -0.39 is 15.1 Å². The minimum absolute atomic E-state index is 0.000777. The van der Waals surface area contributed by atoms with Gasteiger partial charge in [0.15, 0.2) is 14.9 Å². The standard InChI is InChI=1S/C12H12ClNO3S/c1-8(7-13)18(16,17)12-11-6-10(15)3-2-9(11)4-5-14-12/h2-6,8,15H,7H2,1H3. The van der Waals surface area contributed by atoms with Gasteiger partial charge in [0.1, 0.15) is 5.75 Å². The molecule has 18 heavy (non-hydrogen) atoms. The van der Waals surface area contributed by atoms with E-state index in [1.54, 1.807) is 12.1 Å². The Morgan fingerprint density at radius 2 is 2.11 bits per heavy atom. The highest BCUT2D eigenvalue weighted by Gasteiger charge is 2.26. The normalized spacial score (nSPS) is 13.7. The number of fused-ring (bicyclic) bond motifs is 1. The van der Waals surface area contributed by atoms with Crippen molar-refractivity contribution >= 4 is 32.2 Å². The maximum atomic E-state index is 12.3. The van der Waals surface area contributed by atoms with Crippen molar-refractivity contribution in [1.82, 2.24) is 4.98 Å². The molecule has 1 atom stereocenters. The molecular weight excluding hydrogens is 274 g/mol. The molecule has 0 radical (unpaired) electrons. The summed E-state index contributed by atoms with van der Waals surface area (Å²) in [5, 5.41) is 9.83. The van der Waals surface area contributed by atoms with Gasteiger partial charge in [-0.25, -0.2) is 13.4 Å². The Balaban J connectivity index is 2.76. The smallest absolute Gasteiger partial charge is 0.199 e. The summed E-state index contributed by atoms with van der Waals surface area (Å²) in [7, 11) is -3.59. The molecule has 0 spiro atoms. The van der Waals surface area contributed by atoms with Gasteiger partial charge in [0.25, 0.3) is 0 Å². The summed E-state index contributed by atoms with van der Waals surface area (Å²) in [6.45, 7) is 1.53. The van der Waals surface area contributed by atoms with Crippen LogP contribution >= 0.6 is 11.6 Å². The van der Waals surface area contributed by atoms with Gasteiger partial charge < -0.3 is 5.11 Å². The Kier molecular flexibility index (Phi) is 3.45. The number of hydrogen-bond donors (Lipinski definition) is 1. The van der Waals surface area contributed by atoms with E-state index in [2.05, 4.69) is 4.98 Å². The fourth-order valence-corrected chi connectivity index (χ4v) is 3.37. The van der Waals surface area contributed by atoms with Crippen molar-refractivity contribution in [3.63, 3.8) is 0 Å². The summed E-state index contributed by atoms with van der Waals surface area (Å²) >= 11 is 5.61. The lowest BCUT2D eigenvalue weighted by atomic mass is 10.2. The molecule has 0 saturated carbocycles. The number of halogens is 1. The third-order valence-electron chi connectivity index (χ3n) is 2.73. The van der Waals surface area contributed by atoms with Gasteiger partial charge in [0.2, 0.25) is 0 Å². The Bertz CT molecular complexity index is 685. The predicted molar refractivity (Wildman–Crippen MR) is 70.8 cm³/mol. The Morgan fingerprint density at radius 3 is 2.78 bits per heavy atom. The van der Waals surface area contributed by atoms with E-state index in [0.29, 0.717) is 10.8 Å². The van der Waals surface area contributed by atoms with E-state index in [1.165, 1.54) is 25.3 Å². The molecule has 1 heterocycles. The van der Waals surface area contributed by atoms with Crippen molar-refractivity contribution in [2.24, 2.45) is 0 Å². The largest absolute Gasteiger partial charge is 0.508 e. The highest BCUT2D eigenvalue weighted by molar-refractivity contribution is 7.92. The fraction of sp³-hybridized carbons (Fsp3) is 0.250. The number of rotatable bonds is 3. The van der Waals surface area contributed by atoms with Crippen molar-refractivity contribution in [1.29, 1.82) is 0 Å². The highest BCUT2D eigenvalue weighted by atomic mass is 35.5. The molecular formula is C12H12ClNO3S. The van der Waals surface area contributed by atoms with Crippen LogP contribution in [-0.4, -0.2) is 29.6 Å². The monoisotopic (exact) mass is 285 g/mol. The number of aromatic nitrogens is 1. The van der Waals surface area contributed by atoms with Crippen LogP contribution in [0.1, 0.15) is 6.92 Å². The fourth-order valence-electron chi connectivity index (χ4n) is 1.63. The van der Waals surface area contributed by atoms with Crippen molar-refractivity contribution in [3.8, 4) is 5.75 Å². The highest BCUT2D eigenvalue weighted by Crippen LogP contribution is 2.27. The zero-order valence-electron chi connectivity index (χ0n) is 9.67. The molecule has 0 aliphatic carbocycles. The van der Waals surface area contributed by atoms with Gasteiger partial charge in [0, 0.05) is 17.5 Å². The van der Waals surface area contributed by atoms with Crippen LogP contribution in [0.3, 0.4) is 0 Å². The summed E-state index contributed by atoms with van der Waals surface area (Å²) in [6, 6.07) is 6.25. The third-order valence-corrected chi connectivity index (χ3v) is 5.47. The van der Waals surface area contributed by atoms with Gasteiger partial charge in [-0.1, -0.05) is 6.07 Å². The van der Waals surface area contributed by atoms with E-state index in [4.69, 9.17) is 11.6 Å². The molecule has 0 aliphatic rings. The Hall–Kier alpha value is -1.33. The number of benzene rings is 1. The van der Waals surface area contributed by atoms with Crippen LogP contribution in [0.15, 0.2) is 35.5 Å². The summed E-state index contributed by atoms with van der Waals surface area (Å²) < 4.78 is 24.5. The number of nitrogens with zero attached hydrogens (tertiary/aromatic N) is 1. The first-order valence-corrected chi connectivity index (χ1v) is 7.42. The number of pyridine rings is 1. The van der Waals surface area contributed by atoms with E-state index in [0.717, 1.165) is 0 Å². The van der Waals surface area contributed by atoms with Gasteiger partial charge in [-0.3, -0.25) is 0 Å². The molecule has 1 unspecified atom stereocenters. The number of hydrogen-bond acceptors (Lipinski definition) is 4. The van der Waals surface area contributed by atoms with Crippen LogP contribution in [0, 0.1) is 0 Å². The molecule has 0 aliphatic heterocycles. The number of sulfone groups is 1. The van der Waals surface area contributed by atoms with Crippen LogP contribution in [0.25, 0.3) is 10.8 Å². The van der Waals surface area contributed by atoms with Crippen molar-refractivity contribution in [3.05, 3.63) is 30.5 Å². The molecule has 6 heteroatoms. The first-order valence-electron chi connectivity index (χ1n) is 5.34. The molecule has 2 aromatic rings. The average Bonchev–Trinajstić information content (AvgIpc) is 2.36. The zero-order valence-corrected chi connectivity index (χ0v) is 11.2. The molecule has 1 aromatic carbocycles. The summed E-state index contributed by atoms with van der Waals surface area (Å²) in [6.07, 6.45) is 1.44. The topological polar surface area (TPSA) is 67.3 Å².